The molecule has 2 N–H and O–H groups in total. The minimum atomic E-state index is -4.76. The van der Waals surface area contributed by atoms with Gasteiger partial charge in [0.1, 0.15) is 6.04 Å². The zero-order chi connectivity index (χ0) is 16.9. The van der Waals surface area contributed by atoms with Gasteiger partial charge in [-0.1, -0.05) is 31.4 Å². The van der Waals surface area contributed by atoms with Gasteiger partial charge < -0.3 is 10.4 Å². The number of hydrogen-bond acceptors (Lipinski definition) is 2. The van der Waals surface area contributed by atoms with Gasteiger partial charge >= 0.3 is 12.1 Å². The number of aliphatic carboxylic acids is 1. The molecule has 1 unspecified atom stereocenters. The van der Waals surface area contributed by atoms with Gasteiger partial charge in [-0.05, 0) is 24.6 Å². The minimum absolute atomic E-state index is 0.145. The van der Waals surface area contributed by atoms with Crippen LogP contribution in [0.1, 0.15) is 42.1 Å². The molecule has 4 nitrogen and oxygen atoms in total. The summed E-state index contributed by atoms with van der Waals surface area (Å²) >= 11 is 5.53. The van der Waals surface area contributed by atoms with Crippen LogP contribution in [0.5, 0.6) is 0 Å². The van der Waals surface area contributed by atoms with Crippen molar-refractivity contribution in [2.24, 2.45) is 0 Å². The van der Waals surface area contributed by atoms with Gasteiger partial charge in [0, 0.05) is 5.02 Å². The first-order valence-electron chi connectivity index (χ1n) is 6.57. The van der Waals surface area contributed by atoms with Crippen molar-refractivity contribution < 1.29 is 27.9 Å². The second-order valence-corrected chi connectivity index (χ2v) is 5.13. The highest BCUT2D eigenvalue weighted by molar-refractivity contribution is 6.30. The quantitative estimate of drug-likeness (QED) is 0.831. The third kappa shape index (κ3) is 4.91. The van der Waals surface area contributed by atoms with E-state index in [1.54, 1.807) is 0 Å². The maximum absolute atomic E-state index is 12.9. The molecule has 22 heavy (non-hydrogen) atoms. The molecule has 0 aliphatic rings. The molecule has 0 saturated carbocycles. The second kappa shape index (κ2) is 7.49. The Labute approximate surface area is 130 Å². The number of amides is 1. The number of carboxylic acid groups (broad SMARTS) is 1. The molecule has 1 aromatic rings. The van der Waals surface area contributed by atoms with E-state index in [4.69, 9.17) is 16.7 Å². The van der Waals surface area contributed by atoms with Gasteiger partial charge in [0.15, 0.2) is 0 Å². The van der Waals surface area contributed by atoms with E-state index >= 15 is 0 Å². The van der Waals surface area contributed by atoms with Crippen LogP contribution in [0.25, 0.3) is 0 Å². The topological polar surface area (TPSA) is 66.4 Å². The Kier molecular flexibility index (Phi) is 6.22. The fourth-order valence-electron chi connectivity index (χ4n) is 1.85. The summed E-state index contributed by atoms with van der Waals surface area (Å²) in [6.07, 6.45) is -3.38. The van der Waals surface area contributed by atoms with Gasteiger partial charge in [-0.2, -0.15) is 13.2 Å². The molecule has 8 heteroatoms. The lowest BCUT2D eigenvalue weighted by molar-refractivity contribution is -0.139. The fourth-order valence-corrected chi connectivity index (χ4v) is 2.02. The van der Waals surface area contributed by atoms with Crippen LogP contribution in [-0.4, -0.2) is 23.0 Å². The predicted molar refractivity (Wildman–Crippen MR) is 74.9 cm³/mol. The Morgan fingerprint density at radius 1 is 1.36 bits per heavy atom. The minimum Gasteiger partial charge on any atom is -0.480 e. The fraction of sp³-hybridized carbons (Fsp3) is 0.429. The van der Waals surface area contributed by atoms with Crippen molar-refractivity contribution in [2.45, 2.75) is 38.4 Å². The van der Waals surface area contributed by atoms with Crippen molar-refractivity contribution in [1.82, 2.24) is 5.32 Å². The number of carbonyl (C=O) groups excluding carboxylic acids is 1. The van der Waals surface area contributed by atoms with Crippen LogP contribution in [0.15, 0.2) is 18.2 Å². The number of nitrogens with one attached hydrogen (secondary N) is 1. The van der Waals surface area contributed by atoms with E-state index in [9.17, 15) is 22.8 Å². The largest absolute Gasteiger partial charge is 0.480 e. The van der Waals surface area contributed by atoms with Crippen LogP contribution < -0.4 is 5.32 Å². The normalized spacial score (nSPS) is 12.8. The van der Waals surface area contributed by atoms with Crippen LogP contribution in [0, 0.1) is 0 Å². The van der Waals surface area contributed by atoms with E-state index in [2.05, 4.69) is 5.32 Å². The lowest BCUT2D eigenvalue weighted by Crippen LogP contribution is -2.41. The zero-order valence-electron chi connectivity index (χ0n) is 11.7. The van der Waals surface area contributed by atoms with Crippen molar-refractivity contribution in [1.29, 1.82) is 0 Å². The molecule has 0 bridgehead atoms. The average Bonchev–Trinajstić information content (AvgIpc) is 2.41. The van der Waals surface area contributed by atoms with Crippen molar-refractivity contribution in [3.05, 3.63) is 34.3 Å². The van der Waals surface area contributed by atoms with E-state index in [1.807, 2.05) is 6.92 Å². The molecule has 0 aliphatic carbocycles. The van der Waals surface area contributed by atoms with Gasteiger partial charge in [-0.15, -0.1) is 0 Å². The lowest BCUT2D eigenvalue weighted by atomic mass is 10.0. The van der Waals surface area contributed by atoms with Crippen LogP contribution in [0.4, 0.5) is 13.2 Å². The van der Waals surface area contributed by atoms with Crippen LogP contribution in [-0.2, 0) is 11.0 Å². The standard InChI is InChI=1S/C14H15ClF3NO3/c1-2-3-4-11(13(21)22)19-12(20)9-6-5-8(15)7-10(9)14(16,17)18/h5-7,11H,2-4H2,1H3,(H,19,20)(H,21,22). The molecular weight excluding hydrogens is 323 g/mol. The molecule has 0 saturated heterocycles. The maximum Gasteiger partial charge on any atom is 0.417 e. The van der Waals surface area contributed by atoms with Gasteiger partial charge in [0.05, 0.1) is 11.1 Å². The Balaban J connectivity index is 3.04. The Morgan fingerprint density at radius 2 is 2.00 bits per heavy atom. The van der Waals surface area contributed by atoms with E-state index in [0.29, 0.717) is 18.9 Å². The highest BCUT2D eigenvalue weighted by Gasteiger charge is 2.36. The van der Waals surface area contributed by atoms with Gasteiger partial charge in [-0.25, -0.2) is 4.79 Å². The Morgan fingerprint density at radius 3 is 2.50 bits per heavy atom. The molecule has 0 fully saturated rings. The summed E-state index contributed by atoms with van der Waals surface area (Å²) in [5.74, 6) is -2.38. The molecule has 0 aliphatic heterocycles. The first-order valence-corrected chi connectivity index (χ1v) is 6.95. The molecule has 1 rings (SSSR count). The number of rotatable bonds is 6. The summed E-state index contributed by atoms with van der Waals surface area (Å²) in [7, 11) is 0. The summed E-state index contributed by atoms with van der Waals surface area (Å²) in [6.45, 7) is 1.84. The molecule has 1 atom stereocenters. The third-order valence-electron chi connectivity index (χ3n) is 2.98. The summed E-state index contributed by atoms with van der Waals surface area (Å²) < 4.78 is 38.8. The zero-order valence-corrected chi connectivity index (χ0v) is 12.5. The van der Waals surface area contributed by atoms with Crippen LogP contribution in [0.2, 0.25) is 5.02 Å². The summed E-state index contributed by atoms with van der Waals surface area (Å²) in [4.78, 5) is 23.0. The average molecular weight is 338 g/mol. The molecule has 0 heterocycles. The smallest absolute Gasteiger partial charge is 0.417 e. The number of carbonyl (C=O) groups is 2. The van der Waals surface area contributed by atoms with Crippen LogP contribution >= 0.6 is 11.6 Å². The van der Waals surface area contributed by atoms with Crippen molar-refractivity contribution >= 4 is 23.5 Å². The number of hydrogen-bond donors (Lipinski definition) is 2. The monoisotopic (exact) mass is 337 g/mol. The molecule has 0 aromatic heterocycles. The van der Waals surface area contributed by atoms with Gasteiger partial charge in [-0.3, -0.25) is 4.79 Å². The molecule has 122 valence electrons. The number of alkyl halides is 3. The predicted octanol–water partition coefficient (Wildman–Crippen LogP) is 3.73. The van der Waals surface area contributed by atoms with Crippen molar-refractivity contribution in [3.63, 3.8) is 0 Å². The lowest BCUT2D eigenvalue weighted by Gasteiger charge is -2.17. The van der Waals surface area contributed by atoms with Gasteiger partial charge in [0.2, 0.25) is 0 Å². The highest BCUT2D eigenvalue weighted by Crippen LogP contribution is 2.33. The molecule has 0 spiro atoms. The SMILES string of the molecule is CCCCC(NC(=O)c1ccc(Cl)cc1C(F)(F)F)C(=O)O. The summed E-state index contributed by atoms with van der Waals surface area (Å²) in [6, 6.07) is 1.48. The van der Waals surface area contributed by atoms with Crippen molar-refractivity contribution in [3.8, 4) is 0 Å². The Bertz CT molecular complexity index is 561. The molecule has 0 radical (unpaired) electrons. The molecular formula is C14H15ClF3NO3. The first kappa shape index (κ1) is 18.3. The van der Waals surface area contributed by atoms with E-state index < -0.39 is 35.2 Å². The van der Waals surface area contributed by atoms with E-state index in [-0.39, 0.29) is 11.4 Å². The second-order valence-electron chi connectivity index (χ2n) is 4.69. The maximum atomic E-state index is 12.9. The number of benzene rings is 1. The number of unbranched alkanes of at least 4 members (excludes halogenated alkanes) is 1. The molecule has 1 amide bonds. The van der Waals surface area contributed by atoms with Gasteiger partial charge in [0.25, 0.3) is 5.91 Å². The first-order chi connectivity index (χ1) is 10.2. The third-order valence-corrected chi connectivity index (χ3v) is 3.22. The highest BCUT2D eigenvalue weighted by atomic mass is 35.5. The van der Waals surface area contributed by atoms with E-state index in [0.717, 1.165) is 12.1 Å². The van der Waals surface area contributed by atoms with Crippen molar-refractivity contribution in [2.75, 3.05) is 0 Å². The Hall–Kier alpha value is -1.76. The summed E-state index contributed by atoms with van der Waals surface area (Å²) in [5.41, 5.74) is -1.85. The number of carboxylic acids is 1. The number of halogens is 4. The van der Waals surface area contributed by atoms with Crippen LogP contribution in [0.3, 0.4) is 0 Å². The summed E-state index contributed by atoms with van der Waals surface area (Å²) in [5, 5.41) is 11.0. The van der Waals surface area contributed by atoms with E-state index in [1.165, 1.54) is 0 Å². The molecule has 1 aromatic carbocycles.